The van der Waals surface area contributed by atoms with Gasteiger partial charge >= 0.3 is 5.97 Å². The van der Waals surface area contributed by atoms with Crippen LogP contribution in [0.1, 0.15) is 15.9 Å². The number of ether oxygens (including phenoxy) is 1. The highest BCUT2D eigenvalue weighted by molar-refractivity contribution is 7.90. The maximum Gasteiger partial charge on any atom is 0.338 e. The second kappa shape index (κ2) is 7.59. The van der Waals surface area contributed by atoms with Crippen LogP contribution in [0.4, 0.5) is 5.69 Å². The van der Waals surface area contributed by atoms with Crippen LogP contribution in [0.5, 0.6) is 0 Å². The Morgan fingerprint density at radius 3 is 2.20 bits per heavy atom. The summed E-state index contributed by atoms with van der Waals surface area (Å²) in [6.07, 6.45) is 1.06. The third-order valence-corrected chi connectivity index (χ3v) is 4.28. The van der Waals surface area contributed by atoms with Crippen LogP contribution in [0.25, 0.3) is 0 Å². The lowest BCUT2D eigenvalue weighted by molar-refractivity contribution is -0.119. The average molecular weight is 358 g/mol. The minimum Gasteiger partial charge on any atom is -0.452 e. The normalized spacial score (nSPS) is 10.6. The van der Waals surface area contributed by atoms with E-state index in [1.807, 2.05) is 6.07 Å². The standard InChI is InChI=1S/C17H14N2O5S/c1-25(22,23)15-8-4-13(5-9-15)17(21)24-11-16(20)19-14-6-2-12(10-18)3-7-14/h2-9H,11H2,1H3,(H,19,20). The van der Waals surface area contributed by atoms with Crippen molar-refractivity contribution in [3.63, 3.8) is 0 Å². The van der Waals surface area contributed by atoms with Crippen molar-refractivity contribution in [3.8, 4) is 6.07 Å². The lowest BCUT2D eigenvalue weighted by atomic mass is 10.2. The fourth-order valence-electron chi connectivity index (χ4n) is 1.88. The predicted molar refractivity (Wildman–Crippen MR) is 89.6 cm³/mol. The van der Waals surface area contributed by atoms with Gasteiger partial charge in [-0.15, -0.1) is 0 Å². The maximum absolute atomic E-state index is 11.9. The minimum atomic E-state index is -3.35. The molecule has 25 heavy (non-hydrogen) atoms. The molecule has 0 aromatic heterocycles. The SMILES string of the molecule is CS(=O)(=O)c1ccc(C(=O)OCC(=O)Nc2ccc(C#N)cc2)cc1. The molecule has 128 valence electrons. The maximum atomic E-state index is 11.9. The summed E-state index contributed by atoms with van der Waals surface area (Å²) < 4.78 is 27.6. The molecule has 0 atom stereocenters. The second-order valence-electron chi connectivity index (χ2n) is 5.11. The molecule has 2 aromatic carbocycles. The van der Waals surface area contributed by atoms with Crippen molar-refractivity contribution in [1.82, 2.24) is 0 Å². The van der Waals surface area contributed by atoms with Crippen molar-refractivity contribution in [3.05, 3.63) is 59.7 Å². The summed E-state index contributed by atoms with van der Waals surface area (Å²) in [5.41, 5.74) is 1.07. The molecular weight excluding hydrogens is 344 g/mol. The zero-order valence-corrected chi connectivity index (χ0v) is 14.0. The number of nitriles is 1. The average Bonchev–Trinajstić information content (AvgIpc) is 2.59. The Hall–Kier alpha value is -3.18. The molecule has 1 amide bonds. The van der Waals surface area contributed by atoms with Crippen molar-refractivity contribution >= 4 is 27.4 Å². The molecule has 0 fully saturated rings. The van der Waals surface area contributed by atoms with E-state index < -0.39 is 28.3 Å². The van der Waals surface area contributed by atoms with E-state index in [0.29, 0.717) is 11.3 Å². The van der Waals surface area contributed by atoms with Crippen LogP contribution in [0.3, 0.4) is 0 Å². The van der Waals surface area contributed by atoms with Crippen LogP contribution in [-0.2, 0) is 19.4 Å². The van der Waals surface area contributed by atoms with E-state index >= 15 is 0 Å². The summed E-state index contributed by atoms with van der Waals surface area (Å²) in [6, 6.07) is 13.4. The van der Waals surface area contributed by atoms with Gasteiger partial charge in [0.25, 0.3) is 5.91 Å². The molecule has 0 spiro atoms. The summed E-state index contributed by atoms with van der Waals surface area (Å²) in [6.45, 7) is -0.493. The smallest absolute Gasteiger partial charge is 0.338 e. The molecular formula is C17H14N2O5S. The zero-order valence-electron chi connectivity index (χ0n) is 13.2. The van der Waals surface area contributed by atoms with Crippen LogP contribution >= 0.6 is 0 Å². The number of carbonyl (C=O) groups excluding carboxylic acids is 2. The number of nitrogens with zero attached hydrogens (tertiary/aromatic N) is 1. The Morgan fingerprint density at radius 1 is 1.08 bits per heavy atom. The number of carbonyl (C=O) groups is 2. The van der Waals surface area contributed by atoms with Crippen molar-refractivity contribution in [2.75, 3.05) is 18.2 Å². The summed E-state index contributed by atoms with van der Waals surface area (Å²) >= 11 is 0. The van der Waals surface area contributed by atoms with Gasteiger partial charge < -0.3 is 10.1 Å². The molecule has 2 aromatic rings. The second-order valence-corrected chi connectivity index (χ2v) is 7.13. The lowest BCUT2D eigenvalue weighted by Gasteiger charge is -2.07. The third kappa shape index (κ3) is 5.16. The van der Waals surface area contributed by atoms with E-state index in [1.165, 1.54) is 24.3 Å². The molecule has 0 aliphatic heterocycles. The Bertz CT molecular complexity index is 926. The molecule has 0 aliphatic carbocycles. The van der Waals surface area contributed by atoms with Crippen LogP contribution in [0, 0.1) is 11.3 Å². The molecule has 0 bridgehead atoms. The highest BCUT2D eigenvalue weighted by Gasteiger charge is 2.12. The van der Waals surface area contributed by atoms with Gasteiger partial charge in [0.15, 0.2) is 16.4 Å². The van der Waals surface area contributed by atoms with Gasteiger partial charge in [0.05, 0.1) is 22.1 Å². The van der Waals surface area contributed by atoms with Crippen LogP contribution in [0.2, 0.25) is 0 Å². The van der Waals surface area contributed by atoms with Gasteiger partial charge in [-0.2, -0.15) is 5.26 Å². The number of nitrogens with one attached hydrogen (secondary N) is 1. The Labute approximate surface area is 144 Å². The van der Waals surface area contributed by atoms with Crippen molar-refractivity contribution in [2.24, 2.45) is 0 Å². The minimum absolute atomic E-state index is 0.0857. The van der Waals surface area contributed by atoms with Crippen molar-refractivity contribution in [1.29, 1.82) is 5.26 Å². The van der Waals surface area contributed by atoms with Gasteiger partial charge in [-0.05, 0) is 48.5 Å². The molecule has 0 heterocycles. The first-order valence-corrected chi connectivity index (χ1v) is 8.96. The fraction of sp³-hybridized carbons (Fsp3) is 0.118. The quantitative estimate of drug-likeness (QED) is 0.815. The van der Waals surface area contributed by atoms with Gasteiger partial charge in [0.1, 0.15) is 0 Å². The van der Waals surface area contributed by atoms with E-state index in [4.69, 9.17) is 10.00 Å². The highest BCUT2D eigenvalue weighted by atomic mass is 32.2. The van der Waals surface area contributed by atoms with Crippen molar-refractivity contribution in [2.45, 2.75) is 4.90 Å². The number of rotatable bonds is 5. The van der Waals surface area contributed by atoms with E-state index in [1.54, 1.807) is 24.3 Å². The number of benzene rings is 2. The van der Waals surface area contributed by atoms with Gasteiger partial charge in [0.2, 0.25) is 0 Å². The van der Waals surface area contributed by atoms with Crippen LogP contribution in [-0.4, -0.2) is 33.2 Å². The number of hydrogen-bond donors (Lipinski definition) is 1. The number of hydrogen-bond acceptors (Lipinski definition) is 6. The van der Waals surface area contributed by atoms with Gasteiger partial charge in [-0.25, -0.2) is 13.2 Å². The molecule has 7 nitrogen and oxygen atoms in total. The Balaban J connectivity index is 1.90. The first-order chi connectivity index (χ1) is 11.8. The highest BCUT2D eigenvalue weighted by Crippen LogP contribution is 2.12. The summed E-state index contributed by atoms with van der Waals surface area (Å²) in [4.78, 5) is 23.7. The van der Waals surface area contributed by atoms with Gasteiger partial charge in [0, 0.05) is 11.9 Å². The Morgan fingerprint density at radius 2 is 1.68 bits per heavy atom. The zero-order chi connectivity index (χ0) is 18.4. The fourth-order valence-corrected chi connectivity index (χ4v) is 2.51. The molecule has 0 aliphatic rings. The van der Waals surface area contributed by atoms with Crippen LogP contribution < -0.4 is 5.32 Å². The van der Waals surface area contributed by atoms with E-state index in [0.717, 1.165) is 6.26 Å². The van der Waals surface area contributed by atoms with E-state index in [-0.39, 0.29) is 10.5 Å². The van der Waals surface area contributed by atoms with E-state index in [2.05, 4.69) is 5.32 Å². The van der Waals surface area contributed by atoms with Crippen molar-refractivity contribution < 1.29 is 22.7 Å². The molecule has 0 saturated heterocycles. The van der Waals surface area contributed by atoms with Gasteiger partial charge in [-0.1, -0.05) is 0 Å². The monoisotopic (exact) mass is 358 g/mol. The molecule has 1 N–H and O–H groups in total. The number of anilines is 1. The predicted octanol–water partition coefficient (Wildman–Crippen LogP) is 1.76. The number of sulfone groups is 1. The summed E-state index contributed by atoms with van der Waals surface area (Å²) in [5.74, 6) is -1.28. The molecule has 0 saturated carbocycles. The molecule has 0 unspecified atom stereocenters. The summed E-state index contributed by atoms with van der Waals surface area (Å²) in [7, 11) is -3.35. The molecule has 2 rings (SSSR count). The topological polar surface area (TPSA) is 113 Å². The van der Waals surface area contributed by atoms with E-state index in [9.17, 15) is 18.0 Å². The summed E-state index contributed by atoms with van der Waals surface area (Å²) in [5, 5.41) is 11.2. The van der Waals surface area contributed by atoms with Crippen LogP contribution in [0.15, 0.2) is 53.4 Å². The molecule has 8 heteroatoms. The molecule has 0 radical (unpaired) electrons. The van der Waals surface area contributed by atoms with Gasteiger partial charge in [-0.3, -0.25) is 4.79 Å². The largest absolute Gasteiger partial charge is 0.452 e. The Kier molecular flexibility index (Phi) is 5.52. The number of amides is 1. The lowest BCUT2D eigenvalue weighted by Crippen LogP contribution is -2.20. The first-order valence-electron chi connectivity index (χ1n) is 7.07. The number of esters is 1. The third-order valence-electron chi connectivity index (χ3n) is 3.15. The first kappa shape index (κ1) is 18.2.